The van der Waals surface area contributed by atoms with Crippen molar-refractivity contribution < 1.29 is 9.53 Å². The number of aryl methyl sites for hydroxylation is 2. The molecule has 3 rings (SSSR count). The molecule has 2 heterocycles. The lowest BCUT2D eigenvalue weighted by molar-refractivity contribution is 0.0945. The van der Waals surface area contributed by atoms with E-state index >= 15 is 0 Å². The number of methoxy groups -OCH3 is 1. The number of benzene rings is 1. The first-order valence-corrected chi connectivity index (χ1v) is 8.58. The van der Waals surface area contributed by atoms with Crippen molar-refractivity contribution in [2.75, 3.05) is 7.11 Å². The molecule has 25 heavy (non-hydrogen) atoms. The van der Waals surface area contributed by atoms with E-state index in [9.17, 15) is 4.79 Å². The summed E-state index contributed by atoms with van der Waals surface area (Å²) in [5.74, 6) is 0.0955. The summed E-state index contributed by atoms with van der Waals surface area (Å²) < 4.78 is 4.94. The number of thiazole rings is 1. The summed E-state index contributed by atoms with van der Waals surface area (Å²) >= 11 is 1.59. The number of nitrogens with one attached hydrogen (secondary N) is 1. The normalized spacial score (nSPS) is 10.5. The Morgan fingerprint density at radius 2 is 1.96 bits per heavy atom. The van der Waals surface area contributed by atoms with Crippen LogP contribution < -0.4 is 10.1 Å². The maximum Gasteiger partial charge on any atom is 0.272 e. The maximum atomic E-state index is 12.2. The summed E-state index contributed by atoms with van der Waals surface area (Å²) in [5.41, 5.74) is 3.47. The Morgan fingerprint density at radius 1 is 1.16 bits per heavy atom. The van der Waals surface area contributed by atoms with Crippen LogP contribution in [0.1, 0.15) is 26.6 Å². The molecule has 0 atom stereocenters. The van der Waals surface area contributed by atoms with Crippen molar-refractivity contribution in [2.24, 2.45) is 0 Å². The zero-order valence-electron chi connectivity index (χ0n) is 14.2. The molecule has 0 aliphatic heterocycles. The van der Waals surface area contributed by atoms with Gasteiger partial charge < -0.3 is 10.1 Å². The van der Waals surface area contributed by atoms with Gasteiger partial charge in [-0.3, -0.25) is 4.79 Å². The summed E-state index contributed by atoms with van der Waals surface area (Å²) in [7, 11) is 1.50. The predicted octanol–water partition coefficient (Wildman–Crippen LogP) is 3.16. The topological polar surface area (TPSA) is 77.0 Å². The number of nitrogens with zero attached hydrogens (tertiary/aromatic N) is 3. The molecule has 3 aromatic rings. The molecule has 1 amide bonds. The van der Waals surface area contributed by atoms with Crippen LogP contribution in [0.25, 0.3) is 10.6 Å². The van der Waals surface area contributed by atoms with Gasteiger partial charge >= 0.3 is 0 Å². The Bertz CT molecular complexity index is 890. The van der Waals surface area contributed by atoms with E-state index in [0.29, 0.717) is 12.4 Å². The van der Waals surface area contributed by atoms with E-state index in [0.717, 1.165) is 21.1 Å². The zero-order chi connectivity index (χ0) is 17.8. The number of aromatic nitrogens is 3. The average Bonchev–Trinajstić information content (AvgIpc) is 3.00. The SMILES string of the molecule is COc1ccc(C(=O)NCc2sc(-c3ccccc3C)nc2C)nn1. The van der Waals surface area contributed by atoms with Crippen molar-refractivity contribution in [3.63, 3.8) is 0 Å². The van der Waals surface area contributed by atoms with Gasteiger partial charge in [-0.25, -0.2) is 4.98 Å². The molecule has 7 heteroatoms. The molecule has 1 aromatic carbocycles. The van der Waals surface area contributed by atoms with Crippen molar-refractivity contribution in [2.45, 2.75) is 20.4 Å². The van der Waals surface area contributed by atoms with Gasteiger partial charge in [0.15, 0.2) is 5.69 Å². The lowest BCUT2D eigenvalue weighted by Gasteiger charge is -2.03. The highest BCUT2D eigenvalue weighted by Crippen LogP contribution is 2.29. The van der Waals surface area contributed by atoms with Crippen molar-refractivity contribution in [3.8, 4) is 16.5 Å². The Balaban J connectivity index is 1.71. The standard InChI is InChI=1S/C18H18N4O2S/c1-11-6-4-5-7-13(11)18-20-12(2)15(25-18)10-19-17(23)14-8-9-16(24-3)22-21-14/h4-9H,10H2,1-3H3,(H,19,23). The van der Waals surface area contributed by atoms with Crippen LogP contribution in [0.2, 0.25) is 0 Å². The van der Waals surface area contributed by atoms with Gasteiger partial charge in [0, 0.05) is 16.5 Å². The van der Waals surface area contributed by atoms with Crippen LogP contribution in [-0.2, 0) is 6.54 Å². The Labute approximate surface area is 149 Å². The van der Waals surface area contributed by atoms with Crippen molar-refractivity contribution in [1.82, 2.24) is 20.5 Å². The second-order valence-electron chi connectivity index (χ2n) is 5.49. The molecule has 0 fully saturated rings. The van der Waals surface area contributed by atoms with E-state index in [1.54, 1.807) is 23.5 Å². The molecule has 0 bridgehead atoms. The summed E-state index contributed by atoms with van der Waals surface area (Å²) in [4.78, 5) is 17.8. The number of hydrogen-bond acceptors (Lipinski definition) is 6. The lowest BCUT2D eigenvalue weighted by Crippen LogP contribution is -2.24. The molecule has 6 nitrogen and oxygen atoms in total. The van der Waals surface area contributed by atoms with Crippen LogP contribution >= 0.6 is 11.3 Å². The molecule has 0 radical (unpaired) electrons. The van der Waals surface area contributed by atoms with E-state index in [4.69, 9.17) is 4.74 Å². The number of carbonyl (C=O) groups is 1. The third-order valence-corrected chi connectivity index (χ3v) is 4.95. The Hall–Kier alpha value is -2.80. The number of amides is 1. The summed E-state index contributed by atoms with van der Waals surface area (Å²) in [6, 6.07) is 11.3. The molecule has 0 spiro atoms. The van der Waals surface area contributed by atoms with Gasteiger partial charge in [-0.1, -0.05) is 24.3 Å². The Morgan fingerprint density at radius 3 is 2.64 bits per heavy atom. The van der Waals surface area contributed by atoms with Gasteiger partial charge in [-0.2, -0.15) is 0 Å². The molecule has 128 valence electrons. The monoisotopic (exact) mass is 354 g/mol. The van der Waals surface area contributed by atoms with Gasteiger partial charge in [0.25, 0.3) is 5.91 Å². The lowest BCUT2D eigenvalue weighted by atomic mass is 10.1. The fourth-order valence-electron chi connectivity index (χ4n) is 2.32. The second kappa shape index (κ2) is 7.40. The maximum absolute atomic E-state index is 12.2. The predicted molar refractivity (Wildman–Crippen MR) is 96.8 cm³/mol. The van der Waals surface area contributed by atoms with Crippen molar-refractivity contribution >= 4 is 17.2 Å². The van der Waals surface area contributed by atoms with E-state index in [2.05, 4.69) is 39.6 Å². The minimum atomic E-state index is -0.277. The molecular formula is C18H18N4O2S. The quantitative estimate of drug-likeness (QED) is 0.761. The highest BCUT2D eigenvalue weighted by molar-refractivity contribution is 7.15. The first-order valence-electron chi connectivity index (χ1n) is 7.76. The van der Waals surface area contributed by atoms with E-state index in [1.807, 2.05) is 19.1 Å². The van der Waals surface area contributed by atoms with Crippen molar-refractivity contribution in [3.05, 3.63) is 58.2 Å². The number of rotatable bonds is 5. The zero-order valence-corrected chi connectivity index (χ0v) is 15.1. The van der Waals surface area contributed by atoms with Crippen LogP contribution in [0.3, 0.4) is 0 Å². The third kappa shape index (κ3) is 3.83. The first kappa shape index (κ1) is 17.0. The van der Waals surface area contributed by atoms with Crippen LogP contribution in [0.4, 0.5) is 0 Å². The molecule has 0 unspecified atom stereocenters. The summed E-state index contributed by atoms with van der Waals surface area (Å²) in [6.45, 7) is 4.42. The van der Waals surface area contributed by atoms with Gasteiger partial charge in [0.1, 0.15) is 5.01 Å². The number of ether oxygens (including phenoxy) is 1. The van der Waals surface area contributed by atoms with Crippen LogP contribution in [0.15, 0.2) is 36.4 Å². The highest BCUT2D eigenvalue weighted by atomic mass is 32.1. The van der Waals surface area contributed by atoms with E-state index in [-0.39, 0.29) is 11.6 Å². The van der Waals surface area contributed by atoms with Crippen molar-refractivity contribution in [1.29, 1.82) is 0 Å². The fraction of sp³-hybridized carbons (Fsp3) is 0.222. The second-order valence-corrected chi connectivity index (χ2v) is 6.57. The minimum Gasteiger partial charge on any atom is -0.480 e. The van der Waals surface area contributed by atoms with Gasteiger partial charge in [0.2, 0.25) is 5.88 Å². The number of carbonyl (C=O) groups excluding carboxylic acids is 1. The van der Waals surface area contributed by atoms with E-state index < -0.39 is 0 Å². The van der Waals surface area contributed by atoms with Gasteiger partial charge in [-0.15, -0.1) is 21.5 Å². The molecule has 0 saturated carbocycles. The summed E-state index contributed by atoms with van der Waals surface area (Å²) in [5, 5.41) is 11.5. The molecule has 0 aliphatic rings. The molecule has 2 aromatic heterocycles. The number of hydrogen-bond donors (Lipinski definition) is 1. The third-order valence-electron chi connectivity index (χ3n) is 3.76. The Kier molecular flexibility index (Phi) is 5.04. The van der Waals surface area contributed by atoms with Crippen LogP contribution in [-0.4, -0.2) is 28.2 Å². The fourth-order valence-corrected chi connectivity index (χ4v) is 3.41. The molecule has 0 aliphatic carbocycles. The smallest absolute Gasteiger partial charge is 0.272 e. The first-order chi connectivity index (χ1) is 12.1. The minimum absolute atomic E-state index is 0.252. The molecule has 1 N–H and O–H groups in total. The largest absolute Gasteiger partial charge is 0.480 e. The summed E-state index contributed by atoms with van der Waals surface area (Å²) in [6.07, 6.45) is 0. The molecular weight excluding hydrogens is 336 g/mol. The average molecular weight is 354 g/mol. The highest BCUT2D eigenvalue weighted by Gasteiger charge is 2.13. The molecule has 0 saturated heterocycles. The van der Waals surface area contributed by atoms with Gasteiger partial charge in [0.05, 0.1) is 19.3 Å². The van der Waals surface area contributed by atoms with E-state index in [1.165, 1.54) is 12.7 Å². The van der Waals surface area contributed by atoms with Crippen LogP contribution in [0.5, 0.6) is 5.88 Å². The van der Waals surface area contributed by atoms with Crippen LogP contribution in [0, 0.1) is 13.8 Å². The van der Waals surface area contributed by atoms with Gasteiger partial charge in [-0.05, 0) is 25.5 Å².